The number of carbonyl (C=O) groups excluding carboxylic acids is 1. The van der Waals surface area contributed by atoms with Crippen LogP contribution in [-0.4, -0.2) is 52.7 Å². The van der Waals surface area contributed by atoms with Crippen molar-refractivity contribution in [2.45, 2.75) is 32.2 Å². The van der Waals surface area contributed by atoms with Crippen LogP contribution in [0.15, 0.2) is 35.0 Å². The lowest BCUT2D eigenvalue weighted by Gasteiger charge is -2.32. The van der Waals surface area contributed by atoms with Gasteiger partial charge in [0.1, 0.15) is 11.4 Å². The van der Waals surface area contributed by atoms with E-state index in [1.165, 1.54) is 5.56 Å². The topological polar surface area (TPSA) is 62.5 Å². The minimum atomic E-state index is 0.107. The van der Waals surface area contributed by atoms with Crippen molar-refractivity contribution >= 4 is 5.91 Å². The maximum absolute atomic E-state index is 12.4. The minimum Gasteiger partial charge on any atom is -0.339 e. The summed E-state index contributed by atoms with van der Waals surface area (Å²) >= 11 is 0. The highest BCUT2D eigenvalue weighted by Gasteiger charge is 2.23. The molecule has 1 saturated heterocycles. The molecular weight excluding hydrogens is 304 g/mol. The molecule has 128 valence electrons. The summed E-state index contributed by atoms with van der Waals surface area (Å²) in [5, 5.41) is 7.58. The molecule has 6 heteroatoms. The van der Waals surface area contributed by atoms with Crippen LogP contribution in [0.1, 0.15) is 35.7 Å². The molecule has 1 aliphatic heterocycles. The molecule has 6 nitrogen and oxygen atoms in total. The Labute approximate surface area is 142 Å². The molecule has 0 spiro atoms. The first kappa shape index (κ1) is 16.6. The quantitative estimate of drug-likeness (QED) is 0.842. The fourth-order valence-electron chi connectivity index (χ4n) is 3.17. The zero-order valence-electron chi connectivity index (χ0n) is 14.3. The number of likely N-dealkylation sites (tertiary alicyclic amines) is 1. The van der Waals surface area contributed by atoms with Gasteiger partial charge in [-0.2, -0.15) is 0 Å². The molecule has 0 unspecified atom stereocenters. The summed E-state index contributed by atoms with van der Waals surface area (Å²) < 4.78 is 4.68. The number of hydrogen-bond donors (Lipinski definition) is 0. The van der Waals surface area contributed by atoms with Crippen molar-refractivity contribution < 1.29 is 9.42 Å². The molecule has 0 atom stereocenters. The number of rotatable bonds is 5. The number of benzene rings is 1. The van der Waals surface area contributed by atoms with E-state index in [1.807, 2.05) is 6.92 Å². The standard InChI is InChI=1S/C18H24N4O2/c1-14-17(20-24-19-14)12-21(2)18(23)13-22-10-8-16(9-11-22)15-6-4-3-5-7-15/h3-7,16H,8-13H2,1-2H3. The average Bonchev–Trinajstić information content (AvgIpc) is 3.01. The Morgan fingerprint density at radius 3 is 2.58 bits per heavy atom. The molecule has 0 bridgehead atoms. The minimum absolute atomic E-state index is 0.107. The van der Waals surface area contributed by atoms with Crippen LogP contribution >= 0.6 is 0 Å². The second-order valence-corrected chi connectivity index (χ2v) is 6.51. The molecule has 1 aromatic carbocycles. The fraction of sp³-hybridized carbons (Fsp3) is 0.500. The summed E-state index contributed by atoms with van der Waals surface area (Å²) in [5.74, 6) is 0.717. The molecule has 0 radical (unpaired) electrons. The molecule has 1 aliphatic rings. The van der Waals surface area contributed by atoms with Gasteiger partial charge in [0, 0.05) is 7.05 Å². The lowest BCUT2D eigenvalue weighted by atomic mass is 9.89. The number of likely N-dealkylation sites (N-methyl/N-ethyl adjacent to an activating group) is 1. The Morgan fingerprint density at radius 2 is 1.96 bits per heavy atom. The average molecular weight is 328 g/mol. The monoisotopic (exact) mass is 328 g/mol. The Kier molecular flexibility index (Phi) is 5.25. The summed E-state index contributed by atoms with van der Waals surface area (Å²) in [6, 6.07) is 10.7. The first-order chi connectivity index (χ1) is 11.6. The van der Waals surface area contributed by atoms with Crippen LogP contribution in [0.4, 0.5) is 0 Å². The van der Waals surface area contributed by atoms with Gasteiger partial charge in [-0.3, -0.25) is 9.69 Å². The number of piperidine rings is 1. The van der Waals surface area contributed by atoms with Gasteiger partial charge in [-0.15, -0.1) is 0 Å². The van der Waals surface area contributed by atoms with Crippen molar-refractivity contribution in [1.29, 1.82) is 0 Å². The van der Waals surface area contributed by atoms with E-state index in [0.29, 0.717) is 24.7 Å². The van der Waals surface area contributed by atoms with Gasteiger partial charge in [-0.1, -0.05) is 40.6 Å². The van der Waals surface area contributed by atoms with Gasteiger partial charge in [-0.05, 0) is 44.3 Å². The predicted molar refractivity (Wildman–Crippen MR) is 90.4 cm³/mol. The zero-order chi connectivity index (χ0) is 16.9. The molecule has 1 amide bonds. The van der Waals surface area contributed by atoms with E-state index in [-0.39, 0.29) is 5.91 Å². The van der Waals surface area contributed by atoms with Gasteiger partial charge in [-0.25, -0.2) is 4.63 Å². The Bertz CT molecular complexity index is 663. The second kappa shape index (κ2) is 7.57. The van der Waals surface area contributed by atoms with Crippen molar-refractivity contribution in [2.75, 3.05) is 26.7 Å². The van der Waals surface area contributed by atoms with Gasteiger partial charge < -0.3 is 4.90 Å². The third kappa shape index (κ3) is 4.00. The van der Waals surface area contributed by atoms with Crippen LogP contribution in [0.2, 0.25) is 0 Å². The Morgan fingerprint density at radius 1 is 1.25 bits per heavy atom. The first-order valence-electron chi connectivity index (χ1n) is 8.43. The number of aryl methyl sites for hydroxylation is 1. The van der Waals surface area contributed by atoms with Crippen LogP contribution in [0, 0.1) is 6.92 Å². The molecule has 1 aromatic heterocycles. The van der Waals surface area contributed by atoms with E-state index in [1.54, 1.807) is 11.9 Å². The van der Waals surface area contributed by atoms with Crippen molar-refractivity contribution in [3.63, 3.8) is 0 Å². The highest BCUT2D eigenvalue weighted by atomic mass is 16.6. The van der Waals surface area contributed by atoms with E-state index in [0.717, 1.165) is 31.6 Å². The third-order valence-electron chi connectivity index (χ3n) is 4.78. The van der Waals surface area contributed by atoms with Crippen LogP contribution in [0.25, 0.3) is 0 Å². The highest BCUT2D eigenvalue weighted by Crippen LogP contribution is 2.27. The van der Waals surface area contributed by atoms with Crippen LogP contribution < -0.4 is 0 Å². The van der Waals surface area contributed by atoms with Crippen LogP contribution in [0.3, 0.4) is 0 Å². The molecule has 1 fully saturated rings. The van der Waals surface area contributed by atoms with Crippen LogP contribution in [-0.2, 0) is 11.3 Å². The van der Waals surface area contributed by atoms with Gasteiger partial charge in [0.05, 0.1) is 13.1 Å². The van der Waals surface area contributed by atoms with Crippen molar-refractivity contribution in [1.82, 2.24) is 20.1 Å². The maximum atomic E-state index is 12.4. The second-order valence-electron chi connectivity index (χ2n) is 6.51. The van der Waals surface area contributed by atoms with Gasteiger partial charge in [0.15, 0.2) is 0 Å². The largest absolute Gasteiger partial charge is 0.339 e. The highest BCUT2D eigenvalue weighted by molar-refractivity contribution is 5.78. The Balaban J connectivity index is 1.47. The van der Waals surface area contributed by atoms with Crippen molar-refractivity contribution in [3.05, 3.63) is 47.3 Å². The fourth-order valence-corrected chi connectivity index (χ4v) is 3.17. The zero-order valence-corrected chi connectivity index (χ0v) is 14.3. The van der Waals surface area contributed by atoms with Gasteiger partial charge in [0.2, 0.25) is 5.91 Å². The number of nitrogens with zero attached hydrogens (tertiary/aromatic N) is 4. The molecule has 0 saturated carbocycles. The van der Waals surface area contributed by atoms with Gasteiger partial charge in [0.25, 0.3) is 0 Å². The van der Waals surface area contributed by atoms with E-state index in [4.69, 9.17) is 0 Å². The summed E-state index contributed by atoms with van der Waals surface area (Å²) in [4.78, 5) is 16.3. The number of amides is 1. The van der Waals surface area contributed by atoms with Crippen molar-refractivity contribution in [3.8, 4) is 0 Å². The smallest absolute Gasteiger partial charge is 0.236 e. The number of aromatic nitrogens is 2. The normalized spacial score (nSPS) is 16.2. The van der Waals surface area contributed by atoms with Crippen molar-refractivity contribution in [2.24, 2.45) is 0 Å². The summed E-state index contributed by atoms with van der Waals surface area (Å²) in [7, 11) is 1.80. The summed E-state index contributed by atoms with van der Waals surface area (Å²) in [6.07, 6.45) is 2.21. The lowest BCUT2D eigenvalue weighted by Crippen LogP contribution is -2.41. The SMILES string of the molecule is Cc1nonc1CN(C)C(=O)CN1CCC(c2ccccc2)CC1. The molecule has 2 heterocycles. The molecule has 2 aromatic rings. The molecule has 0 N–H and O–H groups in total. The van der Waals surface area contributed by atoms with E-state index >= 15 is 0 Å². The summed E-state index contributed by atoms with van der Waals surface area (Å²) in [5.41, 5.74) is 2.86. The predicted octanol–water partition coefficient (Wildman–Crippen LogP) is 2.22. The lowest BCUT2D eigenvalue weighted by molar-refractivity contribution is -0.132. The molecular formula is C18H24N4O2. The molecule has 0 aliphatic carbocycles. The number of hydrogen-bond acceptors (Lipinski definition) is 5. The first-order valence-corrected chi connectivity index (χ1v) is 8.43. The maximum Gasteiger partial charge on any atom is 0.236 e. The Hall–Kier alpha value is -2.21. The molecule has 3 rings (SSSR count). The summed E-state index contributed by atoms with van der Waals surface area (Å²) in [6.45, 7) is 4.66. The molecule has 24 heavy (non-hydrogen) atoms. The van der Waals surface area contributed by atoms with E-state index in [2.05, 4.69) is 50.2 Å². The van der Waals surface area contributed by atoms with E-state index in [9.17, 15) is 4.79 Å². The number of carbonyl (C=O) groups is 1. The van der Waals surface area contributed by atoms with Crippen LogP contribution in [0.5, 0.6) is 0 Å². The van der Waals surface area contributed by atoms with Gasteiger partial charge >= 0.3 is 0 Å². The van der Waals surface area contributed by atoms with E-state index < -0.39 is 0 Å². The third-order valence-corrected chi connectivity index (χ3v) is 4.78.